The van der Waals surface area contributed by atoms with E-state index in [1.807, 2.05) is 60.9 Å². The summed E-state index contributed by atoms with van der Waals surface area (Å²) in [7, 11) is 0. The quantitative estimate of drug-likeness (QED) is 0.684. The van der Waals surface area contributed by atoms with Gasteiger partial charge in [0.25, 0.3) is 5.91 Å². The molecule has 0 N–H and O–H groups in total. The predicted molar refractivity (Wildman–Crippen MR) is 91.6 cm³/mol. The molecule has 1 amide bonds. The van der Waals surface area contributed by atoms with Gasteiger partial charge in [0.1, 0.15) is 0 Å². The number of carbonyl (C=O) groups excluding carboxylic acids is 1. The van der Waals surface area contributed by atoms with Gasteiger partial charge < -0.3 is 4.57 Å². The third-order valence-corrected chi connectivity index (χ3v) is 4.81. The molecule has 112 valence electrons. The fourth-order valence-corrected chi connectivity index (χ4v) is 3.77. The van der Waals surface area contributed by atoms with Crippen LogP contribution in [0.5, 0.6) is 0 Å². The van der Waals surface area contributed by atoms with Crippen LogP contribution in [0.3, 0.4) is 0 Å². The number of aromatic nitrogens is 1. The van der Waals surface area contributed by atoms with Crippen LogP contribution in [-0.2, 0) is 6.54 Å². The molecule has 3 nitrogen and oxygen atoms in total. The van der Waals surface area contributed by atoms with Crippen LogP contribution in [-0.4, -0.2) is 10.5 Å². The molecule has 0 atom stereocenters. The lowest BCUT2D eigenvalue weighted by Gasteiger charge is -2.01. The first-order valence-corrected chi connectivity index (χ1v) is 8.23. The summed E-state index contributed by atoms with van der Waals surface area (Å²) in [5.74, 6) is -0.210. The van der Waals surface area contributed by atoms with Crippen LogP contribution in [0.15, 0.2) is 47.5 Å². The van der Waals surface area contributed by atoms with Gasteiger partial charge in [-0.25, -0.2) is 0 Å². The van der Waals surface area contributed by atoms with E-state index in [-0.39, 0.29) is 5.91 Å². The van der Waals surface area contributed by atoms with Crippen molar-refractivity contribution >= 4 is 39.1 Å². The number of aryl methyl sites for hydroxylation is 2. The Bertz CT molecular complexity index is 924. The fourth-order valence-electron chi connectivity index (χ4n) is 2.40. The number of amides is 1. The van der Waals surface area contributed by atoms with Gasteiger partial charge in [0.15, 0.2) is 4.80 Å². The molecule has 5 heteroatoms. The maximum absolute atomic E-state index is 12.4. The van der Waals surface area contributed by atoms with Crippen molar-refractivity contribution in [2.24, 2.45) is 4.99 Å². The average Bonchev–Trinajstić information content (AvgIpc) is 2.83. The topological polar surface area (TPSA) is 34.4 Å². The molecule has 1 heterocycles. The highest BCUT2D eigenvalue weighted by Gasteiger charge is 2.10. The second kappa shape index (κ2) is 6.07. The Morgan fingerprint density at radius 2 is 2.05 bits per heavy atom. The van der Waals surface area contributed by atoms with Crippen molar-refractivity contribution in [1.29, 1.82) is 0 Å². The molecule has 2 aromatic carbocycles. The third kappa shape index (κ3) is 2.72. The first-order chi connectivity index (χ1) is 10.6. The molecule has 0 aliphatic carbocycles. The predicted octanol–water partition coefficient (Wildman–Crippen LogP) is 4.43. The highest BCUT2D eigenvalue weighted by molar-refractivity contribution is 7.16. The van der Waals surface area contributed by atoms with Crippen LogP contribution >= 0.6 is 22.9 Å². The summed E-state index contributed by atoms with van der Waals surface area (Å²) in [5.41, 5.74) is 2.62. The molecule has 0 bridgehead atoms. The summed E-state index contributed by atoms with van der Waals surface area (Å²) in [6.45, 7) is 4.71. The van der Waals surface area contributed by atoms with Crippen LogP contribution in [0, 0.1) is 6.92 Å². The van der Waals surface area contributed by atoms with Crippen LogP contribution in [0.25, 0.3) is 10.2 Å². The molecule has 3 rings (SSSR count). The monoisotopic (exact) mass is 330 g/mol. The molecule has 0 spiro atoms. The summed E-state index contributed by atoms with van der Waals surface area (Å²) in [4.78, 5) is 17.5. The van der Waals surface area contributed by atoms with Gasteiger partial charge >= 0.3 is 0 Å². The molecule has 1 aromatic heterocycles. The number of thiazole rings is 1. The number of rotatable bonds is 2. The van der Waals surface area contributed by atoms with Gasteiger partial charge in [0, 0.05) is 17.1 Å². The second-order valence-corrected chi connectivity index (χ2v) is 6.42. The van der Waals surface area contributed by atoms with Crippen molar-refractivity contribution in [2.75, 3.05) is 0 Å². The third-order valence-electron chi connectivity index (χ3n) is 3.53. The van der Waals surface area contributed by atoms with Gasteiger partial charge in [-0.05, 0) is 43.7 Å². The zero-order chi connectivity index (χ0) is 15.7. The Balaban J connectivity index is 2.17. The van der Waals surface area contributed by atoms with E-state index in [4.69, 9.17) is 11.6 Å². The molecule has 3 aromatic rings. The molecule has 0 radical (unpaired) electrons. The van der Waals surface area contributed by atoms with Crippen LogP contribution < -0.4 is 4.80 Å². The first kappa shape index (κ1) is 15.0. The van der Waals surface area contributed by atoms with Gasteiger partial charge in [-0.2, -0.15) is 4.99 Å². The summed E-state index contributed by atoms with van der Waals surface area (Å²) in [5, 5.41) is 0.689. The van der Waals surface area contributed by atoms with Crippen LogP contribution in [0.4, 0.5) is 0 Å². The van der Waals surface area contributed by atoms with Gasteiger partial charge in [-0.1, -0.05) is 41.1 Å². The number of halogens is 1. The van der Waals surface area contributed by atoms with Gasteiger partial charge in [0.2, 0.25) is 0 Å². The summed E-state index contributed by atoms with van der Waals surface area (Å²) >= 11 is 7.53. The summed E-state index contributed by atoms with van der Waals surface area (Å²) < 4.78 is 3.07. The number of fused-ring (bicyclic) bond motifs is 1. The van der Waals surface area contributed by atoms with Crippen molar-refractivity contribution < 1.29 is 4.79 Å². The minimum Gasteiger partial charge on any atom is -0.317 e. The molecule has 0 unspecified atom stereocenters. The lowest BCUT2D eigenvalue weighted by Crippen LogP contribution is -2.16. The van der Waals surface area contributed by atoms with E-state index >= 15 is 0 Å². The van der Waals surface area contributed by atoms with Gasteiger partial charge in [-0.3, -0.25) is 4.79 Å². The Kier molecular flexibility index (Phi) is 4.14. The maximum atomic E-state index is 12.4. The van der Waals surface area contributed by atoms with Crippen molar-refractivity contribution in [2.45, 2.75) is 20.4 Å². The normalized spacial score (nSPS) is 12.0. The zero-order valence-electron chi connectivity index (χ0n) is 12.3. The van der Waals surface area contributed by atoms with Crippen LogP contribution in [0.1, 0.15) is 22.8 Å². The molecule has 0 aliphatic rings. The van der Waals surface area contributed by atoms with E-state index in [1.165, 1.54) is 11.3 Å². The molecule has 0 saturated carbocycles. The molecule has 0 saturated heterocycles. The van der Waals surface area contributed by atoms with Crippen LogP contribution in [0.2, 0.25) is 5.02 Å². The standard InChI is InChI=1S/C17H15ClN2OS/c1-3-20-14-9-8-12(18)10-15(14)22-17(20)19-16(21)13-7-5-4-6-11(13)2/h4-10H,3H2,1-2H3. The lowest BCUT2D eigenvalue weighted by molar-refractivity contribution is 0.0997. The second-order valence-electron chi connectivity index (χ2n) is 4.97. The number of nitrogens with zero attached hydrogens (tertiary/aromatic N) is 2. The summed E-state index contributed by atoms with van der Waals surface area (Å²) in [6, 6.07) is 13.2. The van der Waals surface area contributed by atoms with Crippen molar-refractivity contribution in [3.8, 4) is 0 Å². The minimum atomic E-state index is -0.210. The Labute approximate surface area is 137 Å². The van der Waals surface area contributed by atoms with E-state index < -0.39 is 0 Å². The van der Waals surface area contributed by atoms with Gasteiger partial charge in [-0.15, -0.1) is 0 Å². The molecular formula is C17H15ClN2OS. The SMILES string of the molecule is CCn1c(=NC(=O)c2ccccc2C)sc2cc(Cl)ccc21. The van der Waals surface area contributed by atoms with E-state index in [0.29, 0.717) is 15.4 Å². The largest absolute Gasteiger partial charge is 0.317 e. The molecule has 0 aliphatic heterocycles. The highest BCUT2D eigenvalue weighted by atomic mass is 35.5. The number of carbonyl (C=O) groups is 1. The van der Waals surface area contributed by atoms with Crippen molar-refractivity contribution in [3.63, 3.8) is 0 Å². The fraction of sp³-hybridized carbons (Fsp3) is 0.176. The number of hydrogen-bond acceptors (Lipinski definition) is 2. The van der Waals surface area contributed by atoms with Crippen molar-refractivity contribution in [3.05, 3.63) is 63.4 Å². The highest BCUT2D eigenvalue weighted by Crippen LogP contribution is 2.22. The van der Waals surface area contributed by atoms with E-state index in [1.54, 1.807) is 0 Å². The van der Waals surface area contributed by atoms with E-state index in [0.717, 1.165) is 22.3 Å². The Morgan fingerprint density at radius 3 is 2.77 bits per heavy atom. The Hall–Kier alpha value is -1.91. The molecular weight excluding hydrogens is 316 g/mol. The molecule has 22 heavy (non-hydrogen) atoms. The van der Waals surface area contributed by atoms with E-state index in [2.05, 4.69) is 4.99 Å². The number of hydrogen-bond donors (Lipinski definition) is 0. The van der Waals surface area contributed by atoms with E-state index in [9.17, 15) is 4.79 Å². The smallest absolute Gasteiger partial charge is 0.279 e. The minimum absolute atomic E-state index is 0.210. The Morgan fingerprint density at radius 1 is 1.27 bits per heavy atom. The lowest BCUT2D eigenvalue weighted by atomic mass is 10.1. The first-order valence-electron chi connectivity index (χ1n) is 7.03. The number of benzene rings is 2. The summed E-state index contributed by atoms with van der Waals surface area (Å²) in [6.07, 6.45) is 0. The zero-order valence-corrected chi connectivity index (χ0v) is 13.9. The molecule has 0 fully saturated rings. The average molecular weight is 331 g/mol. The maximum Gasteiger partial charge on any atom is 0.279 e. The van der Waals surface area contributed by atoms with Gasteiger partial charge in [0.05, 0.1) is 10.2 Å². The van der Waals surface area contributed by atoms with Crippen molar-refractivity contribution in [1.82, 2.24) is 4.57 Å².